The van der Waals surface area contributed by atoms with Crippen LogP contribution in [0.4, 0.5) is 10.1 Å². The van der Waals surface area contributed by atoms with E-state index in [1.807, 2.05) is 0 Å². The molecule has 176 valence electrons. The first-order valence-electron chi connectivity index (χ1n) is 9.90. The van der Waals surface area contributed by atoms with Crippen LogP contribution < -0.4 is 21.9 Å². The summed E-state index contributed by atoms with van der Waals surface area (Å²) in [5.41, 5.74) is 4.99. The number of hydrogen-bond acceptors (Lipinski definition) is 5. The van der Waals surface area contributed by atoms with Gasteiger partial charge >= 0.3 is 5.97 Å². The summed E-state index contributed by atoms with van der Waals surface area (Å²) >= 11 is 5.71. The SMILES string of the molecule is C=C(/C=C\C(Cl)=C/N)NC(=O)[C@H]1C(C(=O)O)[C@H]1C(=O)Nc1ccc(-n2ccccc2=O)cc1F. The van der Waals surface area contributed by atoms with E-state index in [2.05, 4.69) is 17.2 Å². The highest BCUT2D eigenvalue weighted by Crippen LogP contribution is 2.47. The zero-order valence-electron chi connectivity index (χ0n) is 17.6. The van der Waals surface area contributed by atoms with Gasteiger partial charge in [0.15, 0.2) is 0 Å². The molecule has 9 nitrogen and oxygen atoms in total. The van der Waals surface area contributed by atoms with Crippen LogP contribution in [-0.2, 0) is 14.4 Å². The van der Waals surface area contributed by atoms with Gasteiger partial charge in [-0.3, -0.25) is 23.7 Å². The molecule has 2 amide bonds. The van der Waals surface area contributed by atoms with Gasteiger partial charge in [-0.25, -0.2) is 4.39 Å². The molecule has 1 heterocycles. The van der Waals surface area contributed by atoms with Crippen molar-refractivity contribution in [3.05, 3.63) is 94.4 Å². The first-order chi connectivity index (χ1) is 16.1. The topological polar surface area (TPSA) is 144 Å². The highest BCUT2D eigenvalue weighted by Gasteiger charge is 2.63. The van der Waals surface area contributed by atoms with Crippen molar-refractivity contribution in [2.24, 2.45) is 23.5 Å². The van der Waals surface area contributed by atoms with Gasteiger partial charge in [0.25, 0.3) is 5.56 Å². The minimum atomic E-state index is -1.34. The van der Waals surface area contributed by atoms with Crippen LogP contribution in [0.2, 0.25) is 0 Å². The van der Waals surface area contributed by atoms with Crippen molar-refractivity contribution >= 4 is 35.1 Å². The lowest BCUT2D eigenvalue weighted by Crippen LogP contribution is -2.26. The third-order valence-corrected chi connectivity index (χ3v) is 5.36. The number of carbonyl (C=O) groups is 3. The molecule has 0 bridgehead atoms. The van der Waals surface area contributed by atoms with Gasteiger partial charge in [-0.2, -0.15) is 0 Å². The number of aliphatic carboxylic acids is 1. The summed E-state index contributed by atoms with van der Waals surface area (Å²) in [4.78, 5) is 48.6. The van der Waals surface area contributed by atoms with Crippen LogP contribution in [0.15, 0.2) is 83.0 Å². The molecule has 1 aromatic heterocycles. The maximum absolute atomic E-state index is 14.6. The number of nitrogens with one attached hydrogen (secondary N) is 2. The number of carbonyl (C=O) groups excluding carboxylic acids is 2. The number of aromatic nitrogens is 1. The number of carboxylic acids is 1. The number of hydrogen-bond donors (Lipinski definition) is 4. The zero-order chi connectivity index (χ0) is 25.0. The lowest BCUT2D eigenvalue weighted by molar-refractivity contribution is -0.140. The summed E-state index contributed by atoms with van der Waals surface area (Å²) in [7, 11) is 0. The summed E-state index contributed by atoms with van der Waals surface area (Å²) in [5, 5.41) is 14.3. The second kappa shape index (κ2) is 10.2. The quantitative estimate of drug-likeness (QED) is 0.421. The Balaban J connectivity index is 1.71. The van der Waals surface area contributed by atoms with Crippen LogP contribution in [0, 0.1) is 23.6 Å². The molecule has 1 saturated carbocycles. The second-order valence-corrected chi connectivity index (χ2v) is 7.81. The average Bonchev–Trinajstić information content (AvgIpc) is 3.56. The number of halogens is 2. The van der Waals surface area contributed by atoms with Gasteiger partial charge in [0, 0.05) is 30.2 Å². The van der Waals surface area contributed by atoms with E-state index < -0.39 is 41.4 Å². The highest BCUT2D eigenvalue weighted by atomic mass is 35.5. The van der Waals surface area contributed by atoms with E-state index in [0.717, 1.165) is 12.3 Å². The first kappa shape index (κ1) is 24.5. The monoisotopic (exact) mass is 486 g/mol. The Morgan fingerprint density at radius 3 is 2.44 bits per heavy atom. The Labute approximate surface area is 198 Å². The Morgan fingerprint density at radius 1 is 1.12 bits per heavy atom. The summed E-state index contributed by atoms with van der Waals surface area (Å²) < 4.78 is 15.8. The molecule has 1 unspecified atom stereocenters. The summed E-state index contributed by atoms with van der Waals surface area (Å²) in [6.45, 7) is 3.60. The average molecular weight is 487 g/mol. The van der Waals surface area contributed by atoms with Gasteiger partial charge in [-0.15, -0.1) is 0 Å². The highest BCUT2D eigenvalue weighted by molar-refractivity contribution is 6.31. The standard InChI is InChI=1S/C23H20ClFN4O5/c1-12(5-6-13(24)11-26)27-21(31)18-19(20(18)23(33)34)22(32)28-16-8-7-14(10-15(16)25)29-9-3-2-4-17(29)30/h2-11,18-20H,1,26H2,(H,27,31)(H,28,32)(H,33,34)/b6-5-,13-11+/t18-,19+,20?/m1/s1. The number of nitrogens with two attached hydrogens (primary N) is 1. The minimum Gasteiger partial charge on any atom is -0.481 e. The van der Waals surface area contributed by atoms with Gasteiger partial charge in [-0.05, 0) is 30.4 Å². The molecule has 3 rings (SSSR count). The van der Waals surface area contributed by atoms with Crippen molar-refractivity contribution in [1.82, 2.24) is 9.88 Å². The smallest absolute Gasteiger partial charge is 0.308 e. The molecule has 1 aromatic carbocycles. The maximum atomic E-state index is 14.6. The molecule has 3 atom stereocenters. The second-order valence-electron chi connectivity index (χ2n) is 7.38. The summed E-state index contributed by atoms with van der Waals surface area (Å²) in [5.74, 6) is -7.39. The van der Waals surface area contributed by atoms with Crippen LogP contribution in [0.5, 0.6) is 0 Å². The van der Waals surface area contributed by atoms with Crippen LogP contribution in [0.25, 0.3) is 5.69 Å². The third-order valence-electron chi connectivity index (χ3n) is 5.11. The molecule has 5 N–H and O–H groups in total. The number of allylic oxidation sites excluding steroid dienone is 3. The van der Waals surface area contributed by atoms with Crippen molar-refractivity contribution in [3.63, 3.8) is 0 Å². The maximum Gasteiger partial charge on any atom is 0.308 e. The van der Waals surface area contributed by atoms with Crippen molar-refractivity contribution < 1.29 is 23.9 Å². The van der Waals surface area contributed by atoms with E-state index >= 15 is 0 Å². The lowest BCUT2D eigenvalue weighted by Gasteiger charge is -2.10. The molecule has 1 aliphatic carbocycles. The number of amides is 2. The number of nitrogens with zero attached hydrogens (tertiary/aromatic N) is 1. The van der Waals surface area contributed by atoms with E-state index in [1.165, 1.54) is 41.1 Å². The van der Waals surface area contributed by atoms with E-state index in [4.69, 9.17) is 17.3 Å². The van der Waals surface area contributed by atoms with Crippen LogP contribution >= 0.6 is 11.6 Å². The van der Waals surface area contributed by atoms with Crippen molar-refractivity contribution in [1.29, 1.82) is 0 Å². The van der Waals surface area contributed by atoms with Crippen molar-refractivity contribution in [2.45, 2.75) is 0 Å². The first-order valence-corrected chi connectivity index (χ1v) is 10.3. The minimum absolute atomic E-state index is 0.109. The summed E-state index contributed by atoms with van der Waals surface area (Å²) in [6, 6.07) is 8.18. The molecule has 1 fully saturated rings. The zero-order valence-corrected chi connectivity index (χ0v) is 18.3. The number of anilines is 1. The number of benzene rings is 1. The molecule has 11 heteroatoms. The van der Waals surface area contributed by atoms with E-state index in [-0.39, 0.29) is 27.7 Å². The van der Waals surface area contributed by atoms with Crippen molar-refractivity contribution in [3.8, 4) is 5.69 Å². The fourth-order valence-corrected chi connectivity index (χ4v) is 3.46. The molecule has 0 spiro atoms. The molecular weight excluding hydrogens is 467 g/mol. The lowest BCUT2D eigenvalue weighted by atomic mass is 10.2. The van der Waals surface area contributed by atoms with Gasteiger partial charge in [-0.1, -0.05) is 24.2 Å². The predicted octanol–water partition coefficient (Wildman–Crippen LogP) is 2.09. The molecule has 0 aliphatic heterocycles. The molecule has 0 saturated heterocycles. The molecular formula is C23H20ClFN4O5. The fourth-order valence-electron chi connectivity index (χ4n) is 3.40. The Kier molecular flexibility index (Phi) is 7.32. The molecule has 0 radical (unpaired) electrons. The number of rotatable bonds is 8. The van der Waals surface area contributed by atoms with Crippen LogP contribution in [-0.4, -0.2) is 27.5 Å². The normalized spacial score (nSPS) is 19.5. The van der Waals surface area contributed by atoms with Crippen LogP contribution in [0.1, 0.15) is 0 Å². The molecule has 34 heavy (non-hydrogen) atoms. The van der Waals surface area contributed by atoms with Gasteiger partial charge < -0.3 is 21.5 Å². The Morgan fingerprint density at radius 2 is 1.82 bits per heavy atom. The fraction of sp³-hybridized carbons (Fsp3) is 0.130. The Hall–Kier alpha value is -4.18. The van der Waals surface area contributed by atoms with E-state index in [1.54, 1.807) is 12.1 Å². The summed E-state index contributed by atoms with van der Waals surface area (Å²) in [6.07, 6.45) is 5.31. The Bertz CT molecular complexity index is 1290. The predicted molar refractivity (Wildman–Crippen MR) is 123 cm³/mol. The van der Waals surface area contributed by atoms with Gasteiger partial charge in [0.05, 0.1) is 34.2 Å². The number of pyridine rings is 1. The largest absolute Gasteiger partial charge is 0.481 e. The number of carboxylic acid groups (broad SMARTS) is 1. The third kappa shape index (κ3) is 5.41. The van der Waals surface area contributed by atoms with Crippen molar-refractivity contribution in [2.75, 3.05) is 5.32 Å². The molecule has 2 aromatic rings. The van der Waals surface area contributed by atoms with Gasteiger partial charge in [0.1, 0.15) is 5.82 Å². The van der Waals surface area contributed by atoms with Gasteiger partial charge in [0.2, 0.25) is 11.8 Å². The van der Waals surface area contributed by atoms with E-state index in [9.17, 15) is 28.7 Å². The van der Waals surface area contributed by atoms with Crippen LogP contribution in [0.3, 0.4) is 0 Å². The van der Waals surface area contributed by atoms with E-state index in [0.29, 0.717) is 0 Å². The molecule has 1 aliphatic rings.